The number of piperidine rings is 2. The quantitative estimate of drug-likeness (QED) is 0.821. The first-order chi connectivity index (χ1) is 9.95. The number of likely N-dealkylation sites (tertiary alicyclic amines) is 1. The highest BCUT2D eigenvalue weighted by molar-refractivity contribution is 5.86. The third-order valence-electron chi connectivity index (χ3n) is 4.85. The van der Waals surface area contributed by atoms with Gasteiger partial charge in [0.2, 0.25) is 11.8 Å². The van der Waals surface area contributed by atoms with E-state index in [-0.39, 0.29) is 11.8 Å². The van der Waals surface area contributed by atoms with Crippen LogP contribution in [0.25, 0.3) is 0 Å². The SMILES string of the molecule is CC(C)CCCC(=O)N1CC[C@@H](O)[C@@]2(CCCNC2=O)C1. The van der Waals surface area contributed by atoms with E-state index in [1.54, 1.807) is 4.90 Å². The Bertz CT molecular complexity index is 397. The molecule has 0 aromatic rings. The molecular formula is C16H28N2O3. The standard InChI is InChI=1S/C16H28N2O3/c1-12(2)5-3-6-14(20)18-10-7-13(19)16(11-18)8-4-9-17-15(16)21/h12-13,19H,3-11H2,1-2H3,(H,17,21)/t13-,16-/m1/s1. The predicted molar refractivity (Wildman–Crippen MR) is 80.6 cm³/mol. The van der Waals surface area contributed by atoms with Crippen molar-refractivity contribution in [2.24, 2.45) is 11.3 Å². The molecule has 2 N–H and O–H groups in total. The Labute approximate surface area is 127 Å². The highest BCUT2D eigenvalue weighted by Gasteiger charge is 2.50. The predicted octanol–water partition coefficient (Wildman–Crippen LogP) is 1.30. The summed E-state index contributed by atoms with van der Waals surface area (Å²) in [5, 5.41) is 13.2. The van der Waals surface area contributed by atoms with Crippen molar-refractivity contribution in [1.29, 1.82) is 0 Å². The maximum absolute atomic E-state index is 12.3. The summed E-state index contributed by atoms with van der Waals surface area (Å²) in [6.45, 7) is 5.93. The maximum atomic E-state index is 12.3. The van der Waals surface area contributed by atoms with Crippen molar-refractivity contribution in [3.05, 3.63) is 0 Å². The van der Waals surface area contributed by atoms with E-state index < -0.39 is 11.5 Å². The first-order valence-corrected chi connectivity index (χ1v) is 8.20. The van der Waals surface area contributed by atoms with Gasteiger partial charge in [0.25, 0.3) is 0 Å². The Morgan fingerprint density at radius 2 is 2.29 bits per heavy atom. The average Bonchev–Trinajstić information content (AvgIpc) is 2.44. The molecule has 0 radical (unpaired) electrons. The molecule has 0 bridgehead atoms. The molecule has 0 unspecified atom stereocenters. The molecule has 0 aliphatic carbocycles. The molecule has 1 spiro atoms. The minimum absolute atomic E-state index is 0.0825. The third kappa shape index (κ3) is 3.57. The summed E-state index contributed by atoms with van der Waals surface area (Å²) in [6, 6.07) is 0. The summed E-state index contributed by atoms with van der Waals surface area (Å²) in [5.41, 5.74) is -0.774. The van der Waals surface area contributed by atoms with Crippen LogP contribution >= 0.6 is 0 Å². The van der Waals surface area contributed by atoms with Gasteiger partial charge >= 0.3 is 0 Å². The Morgan fingerprint density at radius 1 is 1.52 bits per heavy atom. The van der Waals surface area contributed by atoms with Gasteiger partial charge in [0.05, 0.1) is 11.5 Å². The van der Waals surface area contributed by atoms with Crippen LogP contribution in [0, 0.1) is 11.3 Å². The lowest BCUT2D eigenvalue weighted by Gasteiger charge is -2.46. The normalized spacial score (nSPS) is 29.8. The van der Waals surface area contributed by atoms with Gasteiger partial charge in [0.15, 0.2) is 0 Å². The van der Waals surface area contributed by atoms with Crippen LogP contribution in [-0.4, -0.2) is 47.6 Å². The second-order valence-electron chi connectivity index (χ2n) is 6.92. The molecule has 2 saturated heterocycles. The molecule has 5 nitrogen and oxygen atoms in total. The summed E-state index contributed by atoms with van der Waals surface area (Å²) in [6.07, 6.45) is 3.92. The first-order valence-electron chi connectivity index (χ1n) is 8.20. The van der Waals surface area contributed by atoms with Crippen LogP contribution in [0.5, 0.6) is 0 Å². The largest absolute Gasteiger partial charge is 0.392 e. The number of rotatable bonds is 4. The van der Waals surface area contributed by atoms with E-state index >= 15 is 0 Å². The van der Waals surface area contributed by atoms with E-state index in [2.05, 4.69) is 19.2 Å². The van der Waals surface area contributed by atoms with E-state index in [4.69, 9.17) is 0 Å². The third-order valence-corrected chi connectivity index (χ3v) is 4.85. The van der Waals surface area contributed by atoms with Crippen LogP contribution in [0.2, 0.25) is 0 Å². The van der Waals surface area contributed by atoms with Crippen molar-refractivity contribution in [2.45, 2.75) is 58.5 Å². The zero-order valence-electron chi connectivity index (χ0n) is 13.2. The van der Waals surface area contributed by atoms with Gasteiger partial charge in [-0.1, -0.05) is 20.3 Å². The fraction of sp³-hybridized carbons (Fsp3) is 0.875. The maximum Gasteiger partial charge on any atom is 0.230 e. The number of carbonyl (C=O) groups is 2. The zero-order valence-corrected chi connectivity index (χ0v) is 13.2. The molecule has 2 fully saturated rings. The van der Waals surface area contributed by atoms with Gasteiger partial charge in [-0.3, -0.25) is 9.59 Å². The van der Waals surface area contributed by atoms with Crippen LogP contribution in [0.15, 0.2) is 0 Å². The van der Waals surface area contributed by atoms with E-state index in [0.717, 1.165) is 19.3 Å². The van der Waals surface area contributed by atoms with Gasteiger partial charge in [-0.15, -0.1) is 0 Å². The number of hydrogen-bond acceptors (Lipinski definition) is 3. The van der Waals surface area contributed by atoms with E-state index in [0.29, 0.717) is 44.8 Å². The zero-order chi connectivity index (χ0) is 15.5. The molecule has 2 aliphatic rings. The Morgan fingerprint density at radius 3 is 2.95 bits per heavy atom. The molecule has 2 amide bonds. The highest BCUT2D eigenvalue weighted by atomic mass is 16.3. The smallest absolute Gasteiger partial charge is 0.230 e. The van der Waals surface area contributed by atoms with Crippen LogP contribution in [-0.2, 0) is 9.59 Å². The van der Waals surface area contributed by atoms with Gasteiger partial charge in [0, 0.05) is 26.1 Å². The van der Waals surface area contributed by atoms with Crippen LogP contribution in [0.1, 0.15) is 52.4 Å². The molecule has 2 heterocycles. The first kappa shape index (κ1) is 16.3. The molecule has 0 aromatic carbocycles. The van der Waals surface area contributed by atoms with Crippen LogP contribution < -0.4 is 5.32 Å². The molecule has 5 heteroatoms. The average molecular weight is 296 g/mol. The van der Waals surface area contributed by atoms with Crippen LogP contribution in [0.3, 0.4) is 0 Å². The van der Waals surface area contributed by atoms with Crippen molar-refractivity contribution in [1.82, 2.24) is 10.2 Å². The minimum atomic E-state index is -0.774. The van der Waals surface area contributed by atoms with Gasteiger partial charge in [-0.25, -0.2) is 0 Å². The molecule has 0 saturated carbocycles. The Kier molecular flexibility index (Phi) is 5.25. The second kappa shape index (κ2) is 6.77. The molecular weight excluding hydrogens is 268 g/mol. The number of nitrogens with one attached hydrogen (secondary N) is 1. The highest BCUT2D eigenvalue weighted by Crippen LogP contribution is 2.37. The van der Waals surface area contributed by atoms with Gasteiger partial charge < -0.3 is 15.3 Å². The Hall–Kier alpha value is -1.10. The number of aliphatic hydroxyl groups excluding tert-OH is 1. The monoisotopic (exact) mass is 296 g/mol. The molecule has 21 heavy (non-hydrogen) atoms. The molecule has 2 rings (SSSR count). The number of aliphatic hydroxyl groups is 1. The van der Waals surface area contributed by atoms with E-state index in [1.165, 1.54) is 0 Å². The summed E-state index contributed by atoms with van der Waals surface area (Å²) < 4.78 is 0. The Balaban J connectivity index is 1.96. The van der Waals surface area contributed by atoms with Crippen molar-refractivity contribution < 1.29 is 14.7 Å². The number of amides is 2. The van der Waals surface area contributed by atoms with Crippen LogP contribution in [0.4, 0.5) is 0 Å². The van der Waals surface area contributed by atoms with E-state index in [1.807, 2.05) is 0 Å². The van der Waals surface area contributed by atoms with Gasteiger partial charge in [-0.2, -0.15) is 0 Å². The van der Waals surface area contributed by atoms with Crippen molar-refractivity contribution in [2.75, 3.05) is 19.6 Å². The molecule has 2 aliphatic heterocycles. The fourth-order valence-electron chi connectivity index (χ4n) is 3.48. The van der Waals surface area contributed by atoms with E-state index in [9.17, 15) is 14.7 Å². The minimum Gasteiger partial charge on any atom is -0.392 e. The summed E-state index contributed by atoms with van der Waals surface area (Å²) in [5.74, 6) is 0.651. The topological polar surface area (TPSA) is 69.6 Å². The molecule has 2 atom stereocenters. The lowest BCUT2D eigenvalue weighted by atomic mass is 9.71. The lowest BCUT2D eigenvalue weighted by molar-refractivity contribution is -0.154. The molecule has 0 aromatic heterocycles. The van der Waals surface area contributed by atoms with Crippen molar-refractivity contribution in [3.63, 3.8) is 0 Å². The summed E-state index contributed by atoms with van der Waals surface area (Å²) in [4.78, 5) is 26.4. The number of hydrogen-bond donors (Lipinski definition) is 2. The van der Waals surface area contributed by atoms with Gasteiger partial charge in [0.1, 0.15) is 0 Å². The number of carbonyl (C=O) groups excluding carboxylic acids is 2. The van der Waals surface area contributed by atoms with Crippen molar-refractivity contribution in [3.8, 4) is 0 Å². The summed E-state index contributed by atoms with van der Waals surface area (Å²) >= 11 is 0. The lowest BCUT2D eigenvalue weighted by Crippen LogP contribution is -2.62. The molecule has 120 valence electrons. The van der Waals surface area contributed by atoms with Crippen molar-refractivity contribution >= 4 is 11.8 Å². The summed E-state index contributed by atoms with van der Waals surface area (Å²) in [7, 11) is 0. The van der Waals surface area contributed by atoms with Gasteiger partial charge in [-0.05, 0) is 31.6 Å². The second-order valence-corrected chi connectivity index (χ2v) is 6.92. The fourth-order valence-corrected chi connectivity index (χ4v) is 3.48. The number of nitrogens with zero attached hydrogens (tertiary/aromatic N) is 1.